The van der Waals surface area contributed by atoms with Crippen molar-refractivity contribution in [3.05, 3.63) is 47.8 Å². The number of rotatable bonds is 0. The van der Waals surface area contributed by atoms with E-state index in [1.54, 1.807) is 6.07 Å². The van der Waals surface area contributed by atoms with Gasteiger partial charge in [-0.3, -0.25) is 0 Å². The van der Waals surface area contributed by atoms with E-state index in [9.17, 15) is 0 Å². The molecule has 0 atom stereocenters. The smallest absolute Gasteiger partial charge is 0.271 e. The van der Waals surface area contributed by atoms with Gasteiger partial charge in [0.1, 0.15) is 0 Å². The van der Waals surface area contributed by atoms with Crippen molar-refractivity contribution in [1.29, 1.82) is 0 Å². The summed E-state index contributed by atoms with van der Waals surface area (Å²) < 4.78 is 0. The molecule has 1 N–H and O–H groups in total. The Hall–Kier alpha value is -2.34. The molecule has 0 saturated heterocycles. The molecule has 3 heteroatoms. The number of pyridine rings is 1. The summed E-state index contributed by atoms with van der Waals surface area (Å²) in [7, 11) is 0. The van der Waals surface area contributed by atoms with Gasteiger partial charge in [0.2, 0.25) is 5.65 Å². The molecule has 0 fully saturated rings. The number of nitrogens with one attached hydrogen (secondary N) is 1. The lowest BCUT2D eigenvalue weighted by atomic mass is 10.2. The van der Waals surface area contributed by atoms with Crippen LogP contribution in [0.15, 0.2) is 36.4 Å². The molecule has 0 spiro atoms. The molecule has 70 valence electrons. The number of hydrogen-bond donors (Lipinski definition) is 1. The minimum Gasteiger partial charge on any atom is -0.361 e. The topological polar surface area (TPSA) is 33.0 Å². The van der Waals surface area contributed by atoms with Crippen molar-refractivity contribution >= 4 is 27.8 Å². The van der Waals surface area contributed by atoms with Gasteiger partial charge in [0.25, 0.3) is 5.82 Å². The minimum atomic E-state index is 0.425. The Morgan fingerprint density at radius 1 is 1.07 bits per heavy atom. The Labute approximate surface area is 86.2 Å². The molecule has 3 rings (SSSR count). The monoisotopic (exact) mass is 193 g/mol. The van der Waals surface area contributed by atoms with Crippen LogP contribution in [0.5, 0.6) is 0 Å². The number of aromatic nitrogens is 2. The standard InChI is InChI=1S/C12H7N3/c1-13-11-7-6-9-8-4-2-3-5-10(8)14-12(9)15-11/h2-7H,(H,14,15). The molecule has 0 unspecified atom stereocenters. The molecule has 0 bridgehead atoms. The maximum absolute atomic E-state index is 6.90. The van der Waals surface area contributed by atoms with Crippen LogP contribution in [0, 0.1) is 6.57 Å². The van der Waals surface area contributed by atoms with Crippen LogP contribution < -0.4 is 0 Å². The highest BCUT2D eigenvalue weighted by Crippen LogP contribution is 2.25. The first-order valence-corrected chi connectivity index (χ1v) is 4.63. The molecular formula is C12H7N3. The Morgan fingerprint density at radius 2 is 1.93 bits per heavy atom. The zero-order valence-electron chi connectivity index (χ0n) is 7.86. The van der Waals surface area contributed by atoms with Crippen LogP contribution in [0.3, 0.4) is 0 Å². The number of para-hydroxylation sites is 1. The van der Waals surface area contributed by atoms with Gasteiger partial charge in [0, 0.05) is 10.9 Å². The van der Waals surface area contributed by atoms with Gasteiger partial charge in [-0.15, -0.1) is 4.98 Å². The van der Waals surface area contributed by atoms with Crippen molar-refractivity contribution in [1.82, 2.24) is 9.97 Å². The van der Waals surface area contributed by atoms with Crippen molar-refractivity contribution in [3.8, 4) is 0 Å². The third kappa shape index (κ3) is 1.09. The highest BCUT2D eigenvalue weighted by Gasteiger charge is 2.07. The summed E-state index contributed by atoms with van der Waals surface area (Å²) in [5, 5.41) is 2.22. The molecule has 3 aromatic rings. The molecule has 0 saturated carbocycles. The summed E-state index contributed by atoms with van der Waals surface area (Å²) in [5.41, 5.74) is 1.84. The Kier molecular flexibility index (Phi) is 1.51. The van der Waals surface area contributed by atoms with E-state index in [0.717, 1.165) is 21.9 Å². The highest BCUT2D eigenvalue weighted by atomic mass is 14.9. The summed E-state index contributed by atoms with van der Waals surface area (Å²) in [6, 6.07) is 11.7. The average Bonchev–Trinajstić information content (AvgIpc) is 2.66. The van der Waals surface area contributed by atoms with Crippen LogP contribution in [0.4, 0.5) is 5.82 Å². The molecule has 3 nitrogen and oxygen atoms in total. The first-order valence-electron chi connectivity index (χ1n) is 4.63. The third-order valence-corrected chi connectivity index (χ3v) is 2.47. The van der Waals surface area contributed by atoms with Gasteiger partial charge < -0.3 is 9.83 Å². The fraction of sp³-hybridized carbons (Fsp3) is 0. The van der Waals surface area contributed by atoms with E-state index in [1.165, 1.54) is 0 Å². The molecule has 2 aromatic heterocycles. The molecule has 0 radical (unpaired) electrons. The summed E-state index contributed by atoms with van der Waals surface area (Å²) in [6.07, 6.45) is 0. The first-order chi connectivity index (χ1) is 7.38. The molecular weight excluding hydrogens is 186 g/mol. The third-order valence-electron chi connectivity index (χ3n) is 2.47. The summed E-state index contributed by atoms with van der Waals surface area (Å²) in [6.45, 7) is 6.90. The normalized spacial score (nSPS) is 10.6. The Balaban J connectivity index is 2.50. The molecule has 1 aromatic carbocycles. The highest BCUT2D eigenvalue weighted by molar-refractivity contribution is 6.06. The van der Waals surface area contributed by atoms with Crippen LogP contribution in [0.2, 0.25) is 0 Å². The van der Waals surface area contributed by atoms with Crippen molar-refractivity contribution in [2.75, 3.05) is 0 Å². The lowest BCUT2D eigenvalue weighted by molar-refractivity contribution is 1.37. The molecule has 0 aliphatic rings. The predicted octanol–water partition coefficient (Wildman–Crippen LogP) is 3.27. The van der Waals surface area contributed by atoms with Crippen molar-refractivity contribution < 1.29 is 0 Å². The zero-order valence-corrected chi connectivity index (χ0v) is 7.86. The number of H-pyrrole nitrogens is 1. The number of fused-ring (bicyclic) bond motifs is 3. The van der Waals surface area contributed by atoms with Crippen LogP contribution in [-0.4, -0.2) is 9.97 Å². The van der Waals surface area contributed by atoms with Gasteiger partial charge in [0.05, 0.1) is 5.39 Å². The van der Waals surface area contributed by atoms with E-state index in [0.29, 0.717) is 5.82 Å². The second kappa shape index (κ2) is 2.82. The van der Waals surface area contributed by atoms with E-state index in [4.69, 9.17) is 6.57 Å². The van der Waals surface area contributed by atoms with E-state index in [-0.39, 0.29) is 0 Å². The van der Waals surface area contributed by atoms with Crippen LogP contribution >= 0.6 is 0 Å². The van der Waals surface area contributed by atoms with Crippen LogP contribution in [0.1, 0.15) is 0 Å². The second-order valence-electron chi connectivity index (χ2n) is 3.35. The van der Waals surface area contributed by atoms with Crippen molar-refractivity contribution in [2.45, 2.75) is 0 Å². The Bertz CT molecular complexity index is 689. The average molecular weight is 193 g/mol. The zero-order chi connectivity index (χ0) is 10.3. The molecule has 15 heavy (non-hydrogen) atoms. The largest absolute Gasteiger partial charge is 0.361 e. The molecule has 0 aliphatic carbocycles. The van der Waals surface area contributed by atoms with Crippen LogP contribution in [-0.2, 0) is 0 Å². The lowest BCUT2D eigenvalue weighted by Gasteiger charge is -1.88. The maximum atomic E-state index is 6.90. The van der Waals surface area contributed by atoms with E-state index in [1.807, 2.05) is 30.3 Å². The number of aromatic amines is 1. The molecule has 2 heterocycles. The fourth-order valence-electron chi connectivity index (χ4n) is 1.78. The van der Waals surface area contributed by atoms with Gasteiger partial charge in [-0.1, -0.05) is 30.8 Å². The lowest BCUT2D eigenvalue weighted by Crippen LogP contribution is -1.74. The molecule has 0 aliphatic heterocycles. The quantitative estimate of drug-likeness (QED) is 0.546. The first kappa shape index (κ1) is 8.01. The van der Waals surface area contributed by atoms with Gasteiger partial charge in [0.15, 0.2) is 0 Å². The summed E-state index contributed by atoms with van der Waals surface area (Å²) in [4.78, 5) is 10.7. The van der Waals surface area contributed by atoms with Crippen LogP contribution in [0.25, 0.3) is 26.8 Å². The maximum Gasteiger partial charge on any atom is 0.271 e. The van der Waals surface area contributed by atoms with Crippen molar-refractivity contribution in [2.24, 2.45) is 0 Å². The Morgan fingerprint density at radius 3 is 2.80 bits per heavy atom. The number of benzene rings is 1. The van der Waals surface area contributed by atoms with E-state index >= 15 is 0 Å². The fourth-order valence-corrected chi connectivity index (χ4v) is 1.78. The molecule has 0 amide bonds. The van der Waals surface area contributed by atoms with E-state index in [2.05, 4.69) is 14.8 Å². The number of hydrogen-bond acceptors (Lipinski definition) is 1. The van der Waals surface area contributed by atoms with Gasteiger partial charge in [-0.05, 0) is 12.1 Å². The van der Waals surface area contributed by atoms with Gasteiger partial charge >= 0.3 is 0 Å². The number of nitrogens with zero attached hydrogens (tertiary/aromatic N) is 2. The summed E-state index contributed by atoms with van der Waals surface area (Å²) in [5.74, 6) is 0.425. The van der Waals surface area contributed by atoms with Gasteiger partial charge in [-0.25, -0.2) is 0 Å². The van der Waals surface area contributed by atoms with E-state index < -0.39 is 0 Å². The minimum absolute atomic E-state index is 0.425. The van der Waals surface area contributed by atoms with Gasteiger partial charge in [-0.2, -0.15) is 0 Å². The second-order valence-corrected chi connectivity index (χ2v) is 3.35. The van der Waals surface area contributed by atoms with Crippen molar-refractivity contribution in [3.63, 3.8) is 0 Å². The SMILES string of the molecule is [C-]#[N+]c1ccc2c(n1)[nH]c1ccccc12. The predicted molar refractivity (Wildman–Crippen MR) is 59.9 cm³/mol. The summed E-state index contributed by atoms with van der Waals surface area (Å²) >= 11 is 0.